The molecule has 2 N–H and O–H groups in total. The van der Waals surface area contributed by atoms with Crippen LogP contribution in [-0.4, -0.2) is 12.3 Å². The van der Waals surface area contributed by atoms with Gasteiger partial charge in [0.05, 0.1) is 5.02 Å². The molecule has 1 aromatic rings. The van der Waals surface area contributed by atoms with E-state index in [2.05, 4.69) is 11.8 Å². The van der Waals surface area contributed by atoms with Gasteiger partial charge >= 0.3 is 0 Å². The molecule has 0 aliphatic heterocycles. The summed E-state index contributed by atoms with van der Waals surface area (Å²) in [7, 11) is 0. The average Bonchev–Trinajstić information content (AvgIpc) is 2.20. The molecule has 0 atom stereocenters. The summed E-state index contributed by atoms with van der Waals surface area (Å²) in [6.07, 6.45) is 0.651. The normalized spacial score (nSPS) is 9.27. The Balaban J connectivity index is 2.99. The van der Waals surface area contributed by atoms with Crippen molar-refractivity contribution in [2.24, 2.45) is 5.73 Å². The largest absolute Gasteiger partial charge is 0.330 e. The number of ketones is 1. The number of benzene rings is 1. The van der Waals surface area contributed by atoms with Gasteiger partial charge in [-0.05, 0) is 25.1 Å². The predicted octanol–water partition coefficient (Wildman–Crippen LogP) is 2.24. The highest BCUT2D eigenvalue weighted by atomic mass is 35.5. The van der Waals surface area contributed by atoms with E-state index in [4.69, 9.17) is 17.3 Å². The first kappa shape index (κ1) is 11.8. The van der Waals surface area contributed by atoms with Gasteiger partial charge in [-0.1, -0.05) is 23.4 Å². The van der Waals surface area contributed by atoms with E-state index in [0.29, 0.717) is 23.6 Å². The van der Waals surface area contributed by atoms with Crippen molar-refractivity contribution in [1.29, 1.82) is 0 Å². The number of hydrogen-bond acceptors (Lipinski definition) is 2. The van der Waals surface area contributed by atoms with Gasteiger partial charge in [-0.2, -0.15) is 0 Å². The van der Waals surface area contributed by atoms with Crippen LogP contribution in [0.2, 0.25) is 5.02 Å². The van der Waals surface area contributed by atoms with Crippen molar-refractivity contribution in [2.75, 3.05) is 6.54 Å². The molecule has 0 aliphatic carbocycles. The van der Waals surface area contributed by atoms with Crippen LogP contribution < -0.4 is 5.73 Å². The van der Waals surface area contributed by atoms with E-state index in [0.717, 1.165) is 5.56 Å². The van der Waals surface area contributed by atoms with Crippen LogP contribution in [0, 0.1) is 11.8 Å². The van der Waals surface area contributed by atoms with E-state index in [1.54, 1.807) is 18.2 Å². The zero-order chi connectivity index (χ0) is 11.3. The van der Waals surface area contributed by atoms with Crippen molar-refractivity contribution in [2.45, 2.75) is 13.3 Å². The van der Waals surface area contributed by atoms with Crippen molar-refractivity contribution >= 4 is 17.4 Å². The molecule has 78 valence electrons. The lowest BCUT2D eigenvalue weighted by atomic mass is 10.1. The standard InChI is InChI=1S/C12H12ClNO/c1-9(15)11-8-10(4-2-3-7-14)5-6-12(11)13/h5-6,8H,3,7,14H2,1H3. The molecule has 1 rings (SSSR count). The van der Waals surface area contributed by atoms with Crippen LogP contribution in [0.15, 0.2) is 18.2 Å². The molecule has 0 heterocycles. The highest BCUT2D eigenvalue weighted by molar-refractivity contribution is 6.33. The number of carbonyl (C=O) groups excluding carboxylic acids is 1. The summed E-state index contributed by atoms with van der Waals surface area (Å²) in [5.41, 5.74) is 6.62. The third-order valence-corrected chi connectivity index (χ3v) is 2.18. The van der Waals surface area contributed by atoms with Crippen LogP contribution in [0.1, 0.15) is 29.3 Å². The van der Waals surface area contributed by atoms with Crippen molar-refractivity contribution in [3.05, 3.63) is 34.3 Å². The molecule has 0 saturated carbocycles. The summed E-state index contributed by atoms with van der Waals surface area (Å²) in [4.78, 5) is 11.2. The van der Waals surface area contributed by atoms with Crippen LogP contribution in [0.5, 0.6) is 0 Å². The Morgan fingerprint density at radius 1 is 1.53 bits per heavy atom. The number of Topliss-reactive ketones (excluding diaryl/α,β-unsaturated/α-hetero) is 1. The molecule has 1 aromatic carbocycles. The van der Waals surface area contributed by atoms with Gasteiger partial charge in [0.15, 0.2) is 5.78 Å². The smallest absolute Gasteiger partial charge is 0.161 e. The van der Waals surface area contributed by atoms with E-state index in [9.17, 15) is 4.79 Å². The summed E-state index contributed by atoms with van der Waals surface area (Å²) in [5.74, 6) is 5.78. The minimum Gasteiger partial charge on any atom is -0.330 e. The predicted molar refractivity (Wildman–Crippen MR) is 62.0 cm³/mol. The molecule has 0 aromatic heterocycles. The first-order valence-corrected chi connectivity index (χ1v) is 5.02. The SMILES string of the molecule is CC(=O)c1cc(C#CCCN)ccc1Cl. The first-order valence-electron chi connectivity index (χ1n) is 4.64. The summed E-state index contributed by atoms with van der Waals surface area (Å²) >= 11 is 5.86. The molecule has 0 amide bonds. The fourth-order valence-electron chi connectivity index (χ4n) is 1.11. The van der Waals surface area contributed by atoms with Crippen molar-refractivity contribution in [3.63, 3.8) is 0 Å². The summed E-state index contributed by atoms with van der Waals surface area (Å²) in [5, 5.41) is 0.465. The monoisotopic (exact) mass is 221 g/mol. The third-order valence-electron chi connectivity index (χ3n) is 1.85. The maximum absolute atomic E-state index is 11.2. The lowest BCUT2D eigenvalue weighted by Gasteiger charge is -1.99. The van der Waals surface area contributed by atoms with Gasteiger partial charge in [-0.25, -0.2) is 0 Å². The number of nitrogens with two attached hydrogens (primary N) is 1. The molecule has 0 fully saturated rings. The van der Waals surface area contributed by atoms with E-state index >= 15 is 0 Å². The van der Waals surface area contributed by atoms with Crippen LogP contribution in [-0.2, 0) is 0 Å². The maximum Gasteiger partial charge on any atom is 0.161 e. The fraction of sp³-hybridized carbons (Fsp3) is 0.250. The molecule has 2 nitrogen and oxygen atoms in total. The van der Waals surface area contributed by atoms with Gasteiger partial charge in [0.2, 0.25) is 0 Å². The van der Waals surface area contributed by atoms with Gasteiger partial charge in [-0.15, -0.1) is 0 Å². The Labute approximate surface area is 94.4 Å². The molecular formula is C12H12ClNO. The van der Waals surface area contributed by atoms with Gasteiger partial charge in [-0.3, -0.25) is 4.79 Å². The molecule has 0 unspecified atom stereocenters. The zero-order valence-electron chi connectivity index (χ0n) is 8.51. The van der Waals surface area contributed by atoms with Crippen molar-refractivity contribution in [1.82, 2.24) is 0 Å². The number of carbonyl (C=O) groups is 1. The van der Waals surface area contributed by atoms with Crippen LogP contribution in [0.3, 0.4) is 0 Å². The molecule has 0 spiro atoms. The summed E-state index contributed by atoms with van der Waals surface area (Å²) in [6.45, 7) is 2.03. The van der Waals surface area contributed by atoms with E-state index in [1.165, 1.54) is 6.92 Å². The summed E-state index contributed by atoms with van der Waals surface area (Å²) in [6, 6.07) is 5.18. The van der Waals surface area contributed by atoms with Crippen LogP contribution >= 0.6 is 11.6 Å². The van der Waals surface area contributed by atoms with Gasteiger partial charge < -0.3 is 5.73 Å². The lowest BCUT2D eigenvalue weighted by Crippen LogP contribution is -1.96. The molecule has 3 heteroatoms. The minimum atomic E-state index is -0.0533. The molecule has 0 radical (unpaired) electrons. The fourth-order valence-corrected chi connectivity index (χ4v) is 1.36. The lowest BCUT2D eigenvalue weighted by molar-refractivity contribution is 0.101. The Kier molecular flexibility index (Phi) is 4.36. The molecule has 0 saturated heterocycles. The topological polar surface area (TPSA) is 43.1 Å². The van der Waals surface area contributed by atoms with Crippen LogP contribution in [0.25, 0.3) is 0 Å². The summed E-state index contributed by atoms with van der Waals surface area (Å²) < 4.78 is 0. The molecular weight excluding hydrogens is 210 g/mol. The maximum atomic E-state index is 11.2. The molecule has 0 aliphatic rings. The quantitative estimate of drug-likeness (QED) is 0.615. The van der Waals surface area contributed by atoms with Gasteiger partial charge in [0, 0.05) is 24.1 Å². The second kappa shape index (κ2) is 5.55. The molecule has 15 heavy (non-hydrogen) atoms. The zero-order valence-corrected chi connectivity index (χ0v) is 9.27. The Hall–Kier alpha value is -1.30. The Morgan fingerprint density at radius 2 is 2.27 bits per heavy atom. The average molecular weight is 222 g/mol. The van der Waals surface area contributed by atoms with Crippen LogP contribution in [0.4, 0.5) is 0 Å². The minimum absolute atomic E-state index is 0.0533. The van der Waals surface area contributed by atoms with E-state index in [-0.39, 0.29) is 5.78 Å². The Bertz CT molecular complexity index is 429. The van der Waals surface area contributed by atoms with Crippen molar-refractivity contribution < 1.29 is 4.79 Å². The number of halogens is 1. The van der Waals surface area contributed by atoms with Gasteiger partial charge in [0.25, 0.3) is 0 Å². The Morgan fingerprint density at radius 3 is 2.87 bits per heavy atom. The van der Waals surface area contributed by atoms with E-state index in [1.807, 2.05) is 0 Å². The number of rotatable bonds is 2. The molecule has 0 bridgehead atoms. The van der Waals surface area contributed by atoms with Gasteiger partial charge in [0.1, 0.15) is 0 Å². The second-order valence-electron chi connectivity index (χ2n) is 3.09. The van der Waals surface area contributed by atoms with E-state index < -0.39 is 0 Å². The third kappa shape index (κ3) is 3.39. The number of hydrogen-bond donors (Lipinski definition) is 1. The first-order chi connectivity index (χ1) is 7.15. The highest BCUT2D eigenvalue weighted by Crippen LogP contribution is 2.17. The van der Waals surface area contributed by atoms with Crippen molar-refractivity contribution in [3.8, 4) is 11.8 Å². The second-order valence-corrected chi connectivity index (χ2v) is 3.50. The highest BCUT2D eigenvalue weighted by Gasteiger charge is 2.05.